The second-order valence-corrected chi connectivity index (χ2v) is 5.49. The molecule has 0 aromatic heterocycles. The van der Waals surface area contributed by atoms with E-state index < -0.39 is 6.04 Å². The molecule has 1 aliphatic rings. The van der Waals surface area contributed by atoms with Crippen LogP contribution in [0.15, 0.2) is 30.3 Å². The van der Waals surface area contributed by atoms with Crippen molar-refractivity contribution in [2.24, 2.45) is 5.73 Å². The van der Waals surface area contributed by atoms with Gasteiger partial charge in [-0.15, -0.1) is 0 Å². The van der Waals surface area contributed by atoms with E-state index in [-0.39, 0.29) is 18.1 Å². The zero-order valence-corrected chi connectivity index (χ0v) is 12.3. The van der Waals surface area contributed by atoms with Gasteiger partial charge in [-0.05, 0) is 25.3 Å². The van der Waals surface area contributed by atoms with E-state index in [0.717, 1.165) is 12.0 Å². The summed E-state index contributed by atoms with van der Waals surface area (Å²) >= 11 is 0. The third-order valence-corrected chi connectivity index (χ3v) is 3.84. The number of nitrogens with zero attached hydrogens (tertiary/aromatic N) is 1. The molecule has 2 N–H and O–H groups in total. The van der Waals surface area contributed by atoms with E-state index in [1.807, 2.05) is 42.2 Å². The third kappa shape index (κ3) is 3.58. The van der Waals surface area contributed by atoms with E-state index in [1.165, 1.54) is 0 Å². The Kier molecular flexibility index (Phi) is 5.15. The Morgan fingerprint density at radius 3 is 2.80 bits per heavy atom. The number of carbonyl (C=O) groups is 1. The minimum atomic E-state index is -0.475. The van der Waals surface area contributed by atoms with Crippen LogP contribution in [0.25, 0.3) is 0 Å². The summed E-state index contributed by atoms with van der Waals surface area (Å²) in [5.41, 5.74) is 7.21. The van der Waals surface area contributed by atoms with Gasteiger partial charge < -0.3 is 15.4 Å². The van der Waals surface area contributed by atoms with E-state index >= 15 is 0 Å². The SMILES string of the molecule is CCC1COC(C)CN1C(=O)C(N)Cc1ccccc1. The lowest BCUT2D eigenvalue weighted by atomic mass is 10.0. The predicted molar refractivity (Wildman–Crippen MR) is 79.3 cm³/mol. The molecule has 3 atom stereocenters. The maximum absolute atomic E-state index is 12.6. The number of amides is 1. The fourth-order valence-electron chi connectivity index (χ4n) is 2.62. The zero-order chi connectivity index (χ0) is 14.5. The normalized spacial score (nSPS) is 24.4. The molecule has 0 radical (unpaired) electrons. The number of nitrogens with two attached hydrogens (primary N) is 1. The first-order valence-electron chi connectivity index (χ1n) is 7.33. The number of morpholine rings is 1. The molecule has 1 amide bonds. The number of benzene rings is 1. The van der Waals surface area contributed by atoms with Crippen molar-refractivity contribution in [1.82, 2.24) is 4.90 Å². The van der Waals surface area contributed by atoms with Gasteiger partial charge in [-0.3, -0.25) is 4.79 Å². The van der Waals surface area contributed by atoms with Gasteiger partial charge in [0, 0.05) is 6.54 Å². The summed E-state index contributed by atoms with van der Waals surface area (Å²) < 4.78 is 5.63. The molecule has 2 rings (SSSR count). The highest BCUT2D eigenvalue weighted by molar-refractivity contribution is 5.82. The number of carbonyl (C=O) groups excluding carboxylic acids is 1. The van der Waals surface area contributed by atoms with Crippen molar-refractivity contribution in [3.05, 3.63) is 35.9 Å². The highest BCUT2D eigenvalue weighted by Crippen LogP contribution is 2.16. The molecule has 4 heteroatoms. The Hall–Kier alpha value is -1.39. The van der Waals surface area contributed by atoms with Gasteiger partial charge in [-0.1, -0.05) is 37.3 Å². The largest absolute Gasteiger partial charge is 0.375 e. The minimum Gasteiger partial charge on any atom is -0.375 e. The molecule has 0 spiro atoms. The summed E-state index contributed by atoms with van der Waals surface area (Å²) in [6, 6.07) is 9.60. The lowest BCUT2D eigenvalue weighted by molar-refractivity contribution is -0.145. The first kappa shape index (κ1) is 15.0. The Balaban J connectivity index is 2.01. The van der Waals surface area contributed by atoms with Crippen molar-refractivity contribution in [2.45, 2.75) is 44.9 Å². The molecule has 3 unspecified atom stereocenters. The smallest absolute Gasteiger partial charge is 0.240 e. The highest BCUT2D eigenvalue weighted by Gasteiger charge is 2.31. The highest BCUT2D eigenvalue weighted by atomic mass is 16.5. The minimum absolute atomic E-state index is 0.0378. The molecular weight excluding hydrogens is 252 g/mol. The lowest BCUT2D eigenvalue weighted by Gasteiger charge is -2.39. The molecule has 0 bridgehead atoms. The molecule has 1 saturated heterocycles. The van der Waals surface area contributed by atoms with Gasteiger partial charge in [-0.25, -0.2) is 0 Å². The Labute approximate surface area is 120 Å². The second kappa shape index (κ2) is 6.86. The van der Waals surface area contributed by atoms with Crippen LogP contribution in [0.1, 0.15) is 25.8 Å². The molecule has 1 heterocycles. The molecule has 110 valence electrons. The maximum atomic E-state index is 12.6. The molecular formula is C16H24N2O2. The van der Waals surface area contributed by atoms with E-state index in [4.69, 9.17) is 10.5 Å². The van der Waals surface area contributed by atoms with Gasteiger partial charge in [0.05, 0.1) is 24.8 Å². The van der Waals surface area contributed by atoms with Gasteiger partial charge in [0.25, 0.3) is 0 Å². The zero-order valence-electron chi connectivity index (χ0n) is 12.3. The predicted octanol–water partition coefficient (Wildman–Crippen LogP) is 1.58. The molecule has 0 aliphatic carbocycles. The number of hydrogen-bond donors (Lipinski definition) is 1. The molecule has 1 aromatic carbocycles. The lowest BCUT2D eigenvalue weighted by Crippen LogP contribution is -2.56. The van der Waals surface area contributed by atoms with Crippen molar-refractivity contribution >= 4 is 5.91 Å². The van der Waals surface area contributed by atoms with Gasteiger partial charge in [0.2, 0.25) is 5.91 Å². The summed E-state index contributed by atoms with van der Waals surface area (Å²) in [6.45, 7) is 5.32. The van der Waals surface area contributed by atoms with Crippen LogP contribution in [0.3, 0.4) is 0 Å². The maximum Gasteiger partial charge on any atom is 0.240 e. The van der Waals surface area contributed by atoms with E-state index in [9.17, 15) is 4.79 Å². The van der Waals surface area contributed by atoms with Crippen LogP contribution < -0.4 is 5.73 Å². The number of ether oxygens (including phenoxy) is 1. The molecule has 0 saturated carbocycles. The summed E-state index contributed by atoms with van der Waals surface area (Å²) in [6.07, 6.45) is 1.57. The summed E-state index contributed by atoms with van der Waals surface area (Å²) in [5, 5.41) is 0. The van der Waals surface area contributed by atoms with Crippen molar-refractivity contribution < 1.29 is 9.53 Å². The van der Waals surface area contributed by atoms with Crippen LogP contribution >= 0.6 is 0 Å². The summed E-state index contributed by atoms with van der Waals surface area (Å²) in [4.78, 5) is 14.5. The summed E-state index contributed by atoms with van der Waals surface area (Å²) in [7, 11) is 0. The third-order valence-electron chi connectivity index (χ3n) is 3.84. The molecule has 1 fully saturated rings. The average molecular weight is 276 g/mol. The van der Waals surface area contributed by atoms with Gasteiger partial charge in [0.1, 0.15) is 0 Å². The monoisotopic (exact) mass is 276 g/mol. The average Bonchev–Trinajstić information content (AvgIpc) is 2.47. The fourth-order valence-corrected chi connectivity index (χ4v) is 2.62. The van der Waals surface area contributed by atoms with Crippen molar-refractivity contribution in [2.75, 3.05) is 13.2 Å². The van der Waals surface area contributed by atoms with Gasteiger partial charge >= 0.3 is 0 Å². The Morgan fingerprint density at radius 1 is 1.45 bits per heavy atom. The molecule has 1 aliphatic heterocycles. The number of hydrogen-bond acceptors (Lipinski definition) is 3. The quantitative estimate of drug-likeness (QED) is 0.908. The van der Waals surface area contributed by atoms with E-state index in [0.29, 0.717) is 19.6 Å². The van der Waals surface area contributed by atoms with Gasteiger partial charge in [0.15, 0.2) is 0 Å². The second-order valence-electron chi connectivity index (χ2n) is 5.49. The topological polar surface area (TPSA) is 55.6 Å². The fraction of sp³-hybridized carbons (Fsp3) is 0.562. The van der Waals surface area contributed by atoms with Crippen molar-refractivity contribution in [3.8, 4) is 0 Å². The summed E-state index contributed by atoms with van der Waals surface area (Å²) in [5.74, 6) is 0.0378. The Bertz CT molecular complexity index is 435. The van der Waals surface area contributed by atoms with Crippen LogP contribution in [0.5, 0.6) is 0 Å². The van der Waals surface area contributed by atoms with E-state index in [1.54, 1.807) is 0 Å². The Morgan fingerprint density at radius 2 is 2.15 bits per heavy atom. The van der Waals surface area contributed by atoms with Crippen LogP contribution in [0.2, 0.25) is 0 Å². The first-order chi connectivity index (χ1) is 9.61. The molecule has 4 nitrogen and oxygen atoms in total. The van der Waals surface area contributed by atoms with Crippen LogP contribution in [-0.2, 0) is 16.0 Å². The molecule has 1 aromatic rings. The molecule has 20 heavy (non-hydrogen) atoms. The van der Waals surface area contributed by atoms with Gasteiger partial charge in [-0.2, -0.15) is 0 Å². The standard InChI is InChI=1S/C16H24N2O2/c1-3-14-11-20-12(2)10-18(14)16(19)15(17)9-13-7-5-4-6-8-13/h4-8,12,14-15H,3,9-11,17H2,1-2H3. The van der Waals surface area contributed by atoms with Crippen LogP contribution in [-0.4, -0.2) is 42.1 Å². The van der Waals surface area contributed by atoms with Crippen molar-refractivity contribution in [1.29, 1.82) is 0 Å². The van der Waals surface area contributed by atoms with Crippen LogP contribution in [0, 0.1) is 0 Å². The number of rotatable bonds is 4. The van der Waals surface area contributed by atoms with Crippen LogP contribution in [0.4, 0.5) is 0 Å². The van der Waals surface area contributed by atoms with Crippen molar-refractivity contribution in [3.63, 3.8) is 0 Å². The first-order valence-corrected chi connectivity index (χ1v) is 7.33. The van der Waals surface area contributed by atoms with E-state index in [2.05, 4.69) is 6.92 Å².